The number of amides is 1. The second-order valence-electron chi connectivity index (χ2n) is 13.0. The van der Waals surface area contributed by atoms with Crippen molar-refractivity contribution in [1.29, 1.82) is 0 Å². The highest BCUT2D eigenvalue weighted by atomic mass is 16.5. The maximum absolute atomic E-state index is 13.5. The minimum atomic E-state index is -1.18. The molecule has 0 radical (unpaired) electrons. The van der Waals surface area contributed by atoms with Crippen molar-refractivity contribution in [2.75, 3.05) is 25.0 Å². The van der Waals surface area contributed by atoms with Gasteiger partial charge in [0.05, 0.1) is 16.8 Å². The van der Waals surface area contributed by atoms with Crippen molar-refractivity contribution in [3.63, 3.8) is 0 Å². The van der Waals surface area contributed by atoms with Crippen molar-refractivity contribution >= 4 is 28.5 Å². The van der Waals surface area contributed by atoms with Crippen LogP contribution in [0.4, 0.5) is 5.69 Å². The number of aromatic nitrogens is 1. The van der Waals surface area contributed by atoms with Crippen molar-refractivity contribution in [2.24, 2.45) is 5.41 Å². The summed E-state index contributed by atoms with van der Waals surface area (Å²) in [5.41, 5.74) is 6.25. The van der Waals surface area contributed by atoms with Crippen LogP contribution >= 0.6 is 0 Å². The van der Waals surface area contributed by atoms with E-state index in [1.54, 1.807) is 0 Å². The monoisotopic (exact) mass is 533 g/mol. The molecule has 0 unspecified atom stereocenters. The Kier molecular flexibility index (Phi) is 7.60. The Morgan fingerprint density at radius 1 is 1.05 bits per heavy atom. The Bertz CT molecular complexity index is 1400. The van der Waals surface area contributed by atoms with Crippen molar-refractivity contribution in [2.45, 2.75) is 80.1 Å². The van der Waals surface area contributed by atoms with Crippen LogP contribution in [-0.2, 0) is 16.1 Å². The van der Waals surface area contributed by atoms with E-state index in [-0.39, 0.29) is 11.3 Å². The molecule has 2 heterocycles. The molecule has 1 atom stereocenters. The highest BCUT2D eigenvalue weighted by Crippen LogP contribution is 2.47. The van der Waals surface area contributed by atoms with E-state index >= 15 is 0 Å². The molecule has 1 aliphatic rings. The van der Waals surface area contributed by atoms with Gasteiger partial charge in [0.1, 0.15) is 5.69 Å². The van der Waals surface area contributed by atoms with Gasteiger partial charge in [-0.05, 0) is 69.2 Å². The molecule has 7 heteroatoms. The van der Waals surface area contributed by atoms with Crippen LogP contribution in [0.15, 0.2) is 30.3 Å². The summed E-state index contributed by atoms with van der Waals surface area (Å²) >= 11 is 0. The van der Waals surface area contributed by atoms with Crippen molar-refractivity contribution in [3.05, 3.63) is 52.7 Å². The van der Waals surface area contributed by atoms with Gasteiger partial charge in [-0.2, -0.15) is 0 Å². The number of rotatable bonds is 7. The number of ether oxygens (including phenoxy) is 1. The SMILES string of the molecule is Cc1ccc(-c2c([C@H](OC(C)(C)C)C(=O)O)c(C)c3c4c2cc(C(=O)NCCC(C)(C)C)n4CCN3C)cc1. The topological polar surface area (TPSA) is 83.8 Å². The number of benzene rings is 2. The van der Waals surface area contributed by atoms with E-state index in [9.17, 15) is 14.7 Å². The molecule has 0 saturated heterocycles. The highest BCUT2D eigenvalue weighted by Gasteiger charge is 2.36. The molecule has 2 N–H and O–H groups in total. The summed E-state index contributed by atoms with van der Waals surface area (Å²) in [5, 5.41) is 14.4. The Hall–Kier alpha value is -3.32. The number of hydrogen-bond donors (Lipinski definition) is 2. The van der Waals surface area contributed by atoms with Crippen LogP contribution in [0.2, 0.25) is 0 Å². The molecular formula is C32H43N3O4. The first-order valence-electron chi connectivity index (χ1n) is 13.8. The maximum atomic E-state index is 13.5. The fraction of sp³-hybridized carbons (Fsp3) is 0.500. The number of nitrogens with zero attached hydrogens (tertiary/aromatic N) is 2. The molecule has 1 aromatic heterocycles. The van der Waals surface area contributed by atoms with E-state index in [4.69, 9.17) is 4.74 Å². The Morgan fingerprint density at radius 3 is 2.26 bits per heavy atom. The predicted molar refractivity (Wildman–Crippen MR) is 158 cm³/mol. The van der Waals surface area contributed by atoms with Gasteiger partial charge in [-0.1, -0.05) is 50.6 Å². The van der Waals surface area contributed by atoms with Crippen LogP contribution < -0.4 is 10.2 Å². The molecular weight excluding hydrogens is 490 g/mol. The number of carboxylic acids is 1. The smallest absolute Gasteiger partial charge is 0.337 e. The van der Waals surface area contributed by atoms with E-state index in [0.29, 0.717) is 30.9 Å². The van der Waals surface area contributed by atoms with E-state index in [2.05, 4.69) is 35.6 Å². The molecule has 0 saturated carbocycles. The van der Waals surface area contributed by atoms with Crippen molar-refractivity contribution in [3.8, 4) is 11.1 Å². The lowest BCUT2D eigenvalue weighted by atomic mass is 9.87. The first-order chi connectivity index (χ1) is 18.1. The van der Waals surface area contributed by atoms with E-state index in [0.717, 1.165) is 45.3 Å². The second-order valence-corrected chi connectivity index (χ2v) is 13.0. The summed E-state index contributed by atoms with van der Waals surface area (Å²) in [6, 6.07) is 10.1. The minimum Gasteiger partial charge on any atom is -0.479 e. The number of nitrogens with one attached hydrogen (secondary N) is 1. The number of carboxylic acid groups (broad SMARTS) is 1. The number of likely N-dealkylation sites (N-methyl/N-ethyl adjacent to an activating group) is 1. The molecule has 3 aromatic rings. The Morgan fingerprint density at radius 2 is 1.69 bits per heavy atom. The van der Waals surface area contributed by atoms with Gasteiger partial charge in [-0.15, -0.1) is 0 Å². The number of aryl methyl sites for hydroxylation is 1. The molecule has 210 valence electrons. The lowest BCUT2D eigenvalue weighted by Gasteiger charge is -2.34. The molecule has 7 nitrogen and oxygen atoms in total. The third-order valence-electron chi connectivity index (χ3n) is 7.35. The summed E-state index contributed by atoms with van der Waals surface area (Å²) in [6.45, 7) is 18.1. The lowest BCUT2D eigenvalue weighted by Crippen LogP contribution is -2.33. The molecule has 0 fully saturated rings. The van der Waals surface area contributed by atoms with E-state index in [1.807, 2.05) is 72.0 Å². The van der Waals surface area contributed by atoms with Gasteiger partial charge in [-0.25, -0.2) is 4.79 Å². The molecule has 0 aliphatic carbocycles. The Balaban J connectivity index is 2.03. The molecule has 0 spiro atoms. The van der Waals surface area contributed by atoms with Gasteiger partial charge in [-0.3, -0.25) is 4.79 Å². The van der Waals surface area contributed by atoms with Crippen LogP contribution in [0, 0.1) is 19.3 Å². The first kappa shape index (κ1) is 28.7. The quantitative estimate of drug-likeness (QED) is 0.363. The average Bonchev–Trinajstić information content (AvgIpc) is 3.19. The van der Waals surface area contributed by atoms with Gasteiger partial charge >= 0.3 is 5.97 Å². The standard InChI is InChI=1S/C32H43N3O4/c1-19-10-12-21(13-11-19)25-22-18-23(29(36)33-15-14-31(3,4)5)35-17-16-34(9)26(27(22)35)20(2)24(25)28(30(37)38)39-32(6,7)8/h10-13,18,28H,14-17H2,1-9H3,(H,33,36)(H,37,38)/t28-/m0/s1. The maximum Gasteiger partial charge on any atom is 0.337 e. The molecule has 1 amide bonds. The molecule has 0 bridgehead atoms. The summed E-state index contributed by atoms with van der Waals surface area (Å²) < 4.78 is 8.32. The number of carbonyl (C=O) groups is 2. The van der Waals surface area contributed by atoms with E-state index in [1.165, 1.54) is 0 Å². The molecule has 1 aliphatic heterocycles. The molecule has 2 aromatic carbocycles. The van der Waals surface area contributed by atoms with Crippen LogP contribution in [0.25, 0.3) is 22.0 Å². The van der Waals surface area contributed by atoms with Crippen molar-refractivity contribution in [1.82, 2.24) is 9.88 Å². The van der Waals surface area contributed by atoms with Crippen LogP contribution in [0.5, 0.6) is 0 Å². The Labute approximate surface area is 232 Å². The fourth-order valence-corrected chi connectivity index (χ4v) is 5.47. The predicted octanol–water partition coefficient (Wildman–Crippen LogP) is 6.48. The van der Waals surface area contributed by atoms with Crippen LogP contribution in [0.1, 0.15) is 81.2 Å². The van der Waals surface area contributed by atoms with Crippen LogP contribution in [0.3, 0.4) is 0 Å². The summed E-state index contributed by atoms with van der Waals surface area (Å²) in [6.07, 6.45) is -0.306. The average molecular weight is 534 g/mol. The lowest BCUT2D eigenvalue weighted by molar-refractivity contribution is -0.160. The summed E-state index contributed by atoms with van der Waals surface area (Å²) in [5.74, 6) is -1.15. The van der Waals surface area contributed by atoms with Gasteiger partial charge in [0.25, 0.3) is 5.91 Å². The van der Waals surface area contributed by atoms with Gasteiger partial charge < -0.3 is 24.6 Å². The normalized spacial score (nSPS) is 14.5. The number of carbonyl (C=O) groups excluding carboxylic acids is 1. The second kappa shape index (κ2) is 10.3. The summed E-state index contributed by atoms with van der Waals surface area (Å²) in [4.78, 5) is 28.5. The number of hydrogen-bond acceptors (Lipinski definition) is 4. The van der Waals surface area contributed by atoms with E-state index < -0.39 is 17.7 Å². The van der Waals surface area contributed by atoms with Crippen molar-refractivity contribution < 1.29 is 19.4 Å². The highest BCUT2D eigenvalue weighted by molar-refractivity contribution is 6.11. The zero-order chi connectivity index (χ0) is 28.9. The third kappa shape index (κ3) is 5.83. The van der Waals surface area contributed by atoms with Crippen LogP contribution in [-0.4, -0.2) is 47.3 Å². The molecule has 39 heavy (non-hydrogen) atoms. The van der Waals surface area contributed by atoms with Gasteiger partial charge in [0.15, 0.2) is 6.10 Å². The largest absolute Gasteiger partial charge is 0.479 e. The zero-order valence-corrected chi connectivity index (χ0v) is 24.9. The first-order valence-corrected chi connectivity index (χ1v) is 13.8. The third-order valence-corrected chi connectivity index (χ3v) is 7.35. The summed E-state index contributed by atoms with van der Waals surface area (Å²) in [7, 11) is 2.02. The number of anilines is 1. The zero-order valence-electron chi connectivity index (χ0n) is 24.9. The fourth-order valence-electron chi connectivity index (χ4n) is 5.47. The van der Waals surface area contributed by atoms with Gasteiger partial charge in [0, 0.05) is 37.6 Å². The minimum absolute atomic E-state index is 0.110. The van der Waals surface area contributed by atoms with Gasteiger partial charge in [0.2, 0.25) is 0 Å². The molecule has 4 rings (SSSR count). The number of aliphatic carboxylic acids is 1.